The number of likely N-dealkylation sites (tertiary alicyclic amines) is 1. The number of hydrogen-bond donors (Lipinski definition) is 1. The zero-order valence-corrected chi connectivity index (χ0v) is 31.0. The number of nitrogens with zero attached hydrogens (tertiary/aromatic N) is 2. The molecule has 4 aromatic carbocycles. The second kappa shape index (κ2) is 16.4. The molecule has 0 aliphatic carbocycles. The van der Waals surface area contributed by atoms with E-state index in [1.807, 2.05) is 115 Å². The summed E-state index contributed by atoms with van der Waals surface area (Å²) in [6.07, 6.45) is 0.0855. The van der Waals surface area contributed by atoms with Crippen molar-refractivity contribution in [1.82, 2.24) is 15.3 Å². The molecule has 1 amide bonds. The van der Waals surface area contributed by atoms with Gasteiger partial charge in [0.2, 0.25) is 0 Å². The Bertz CT molecular complexity index is 1740. The largest absolute Gasteiger partial charge is 0.497 e. The van der Waals surface area contributed by atoms with Crippen molar-refractivity contribution < 1.29 is 23.9 Å². The first-order valence-corrected chi connectivity index (χ1v) is 18.1. The Kier molecular flexibility index (Phi) is 11.9. The fourth-order valence-corrected chi connectivity index (χ4v) is 7.96. The van der Waals surface area contributed by atoms with Crippen LogP contribution in [-0.4, -0.2) is 70.6 Å². The first kappa shape index (κ1) is 37.1. The predicted octanol–water partition coefficient (Wildman–Crippen LogP) is 7.30. The lowest BCUT2D eigenvalue weighted by molar-refractivity contribution is -0.163. The Labute approximate surface area is 314 Å². The molecule has 0 spiro atoms. The van der Waals surface area contributed by atoms with E-state index in [1.165, 1.54) is 6.92 Å². The molecule has 0 bridgehead atoms. The van der Waals surface area contributed by atoms with E-state index in [4.69, 9.17) is 49.1 Å². The molecule has 2 fully saturated rings. The molecule has 8 nitrogen and oxygen atoms in total. The summed E-state index contributed by atoms with van der Waals surface area (Å²) in [6, 6.07) is 36.6. The van der Waals surface area contributed by atoms with Gasteiger partial charge in [-0.25, -0.2) is 0 Å². The highest BCUT2D eigenvalue weighted by molar-refractivity contribution is 6.76. The van der Waals surface area contributed by atoms with Crippen molar-refractivity contribution in [1.29, 1.82) is 0 Å². The highest BCUT2D eigenvalue weighted by Gasteiger charge is 2.57. The van der Waals surface area contributed by atoms with Gasteiger partial charge in [-0.05, 0) is 40.8 Å². The molecular weight excluding hydrogens is 709 g/mol. The fourth-order valence-electron chi connectivity index (χ4n) is 7.80. The molecular formula is C40H42Cl3N3O5. The van der Waals surface area contributed by atoms with Crippen molar-refractivity contribution in [3.05, 3.63) is 138 Å². The molecule has 6 rings (SSSR count). The van der Waals surface area contributed by atoms with Gasteiger partial charge < -0.3 is 14.8 Å². The summed E-state index contributed by atoms with van der Waals surface area (Å²) >= 11 is 18.5. The van der Waals surface area contributed by atoms with E-state index in [1.54, 1.807) is 7.11 Å². The Morgan fingerprint density at radius 1 is 0.882 bits per heavy atom. The van der Waals surface area contributed by atoms with E-state index in [-0.39, 0.29) is 18.0 Å². The maximum absolute atomic E-state index is 13.5. The monoisotopic (exact) mass is 749 g/mol. The lowest BCUT2D eigenvalue weighted by atomic mass is 9.74. The summed E-state index contributed by atoms with van der Waals surface area (Å²) in [5.41, 5.74) is 4.04. The number of nitrogens with one attached hydrogen (secondary N) is 1. The SMILES string of the molecule is COc1ccc([C@H]([C@H](Cc2ccccc2)OC(C)=O)N2C[C@@H](NC(=O)C(Cl)(Cl)Cl)[C@@H]3[C@H]([C@@H]2Cc2ccccc2)N(C)O[C@H]3c2ccccc2)cc1. The fraction of sp³-hybridized carbons (Fsp3) is 0.350. The minimum absolute atomic E-state index is 0.182. The van der Waals surface area contributed by atoms with Crippen LogP contribution in [0, 0.1) is 5.92 Å². The number of rotatable bonds is 11. The van der Waals surface area contributed by atoms with Crippen LogP contribution in [-0.2, 0) is 32.0 Å². The van der Waals surface area contributed by atoms with E-state index in [9.17, 15) is 9.59 Å². The molecule has 2 aliphatic heterocycles. The quantitative estimate of drug-likeness (QED) is 0.127. The molecule has 2 heterocycles. The van der Waals surface area contributed by atoms with Crippen LogP contribution in [0.15, 0.2) is 115 Å². The smallest absolute Gasteiger partial charge is 0.302 e. The van der Waals surface area contributed by atoms with Crippen molar-refractivity contribution in [3.63, 3.8) is 0 Å². The number of ether oxygens (including phenoxy) is 2. The number of carbonyl (C=O) groups excluding carboxylic acids is 2. The third-order valence-electron chi connectivity index (χ3n) is 9.89. The maximum Gasteiger partial charge on any atom is 0.302 e. The van der Waals surface area contributed by atoms with Crippen LogP contribution in [0.1, 0.15) is 41.3 Å². The standard InChI is InChI=1S/C40H42Cl3N3O5/c1-26(47)50-34(24-28-15-9-5-10-16-28)36(29-19-21-31(49-3)22-20-29)46-25-32(44-39(48)40(41,42)43)35-37(33(46)23-27-13-7-4-8-14-27)45(2)51-38(35)30-17-11-6-12-18-30/h4-22,32-38H,23-25H2,1-3H3,(H,44,48)/t32-,33+,34+,35-,36-,37+,38+/m1/s1. The highest BCUT2D eigenvalue weighted by Crippen LogP contribution is 2.48. The van der Waals surface area contributed by atoms with Gasteiger partial charge >= 0.3 is 5.97 Å². The summed E-state index contributed by atoms with van der Waals surface area (Å²) in [5, 5.41) is 5.02. The number of likely N-dealkylation sites (N-methyl/N-ethyl adjacent to an activating group) is 1. The van der Waals surface area contributed by atoms with Crippen LogP contribution >= 0.6 is 34.8 Å². The molecule has 4 aromatic rings. The summed E-state index contributed by atoms with van der Waals surface area (Å²) in [5.74, 6) is -0.653. The van der Waals surface area contributed by atoms with E-state index in [2.05, 4.69) is 22.3 Å². The number of alkyl halides is 3. The molecule has 51 heavy (non-hydrogen) atoms. The second-order valence-corrected chi connectivity index (χ2v) is 15.4. The van der Waals surface area contributed by atoms with Gasteiger partial charge in [0.05, 0.1) is 19.2 Å². The number of halogens is 3. The number of benzene rings is 4. The average Bonchev–Trinajstić information content (AvgIpc) is 3.48. The van der Waals surface area contributed by atoms with Crippen molar-refractivity contribution >= 4 is 46.7 Å². The van der Waals surface area contributed by atoms with E-state index < -0.39 is 40.0 Å². The minimum Gasteiger partial charge on any atom is -0.497 e. The normalized spacial score (nSPS) is 23.5. The summed E-state index contributed by atoms with van der Waals surface area (Å²) < 4.78 is 9.61. The van der Waals surface area contributed by atoms with Gasteiger partial charge in [-0.1, -0.05) is 138 Å². The van der Waals surface area contributed by atoms with Crippen LogP contribution < -0.4 is 10.1 Å². The van der Waals surface area contributed by atoms with E-state index >= 15 is 0 Å². The van der Waals surface area contributed by atoms with Gasteiger partial charge in [0.15, 0.2) is 0 Å². The summed E-state index contributed by atoms with van der Waals surface area (Å²) in [7, 11) is 3.56. The first-order valence-electron chi connectivity index (χ1n) is 17.0. The van der Waals surface area contributed by atoms with Gasteiger partial charge in [0.1, 0.15) is 18.0 Å². The van der Waals surface area contributed by atoms with Crippen LogP contribution in [0.25, 0.3) is 0 Å². The highest BCUT2D eigenvalue weighted by atomic mass is 35.6. The van der Waals surface area contributed by atoms with Gasteiger partial charge in [-0.15, -0.1) is 0 Å². The van der Waals surface area contributed by atoms with Crippen LogP contribution in [0.4, 0.5) is 0 Å². The molecule has 0 saturated carbocycles. The van der Waals surface area contributed by atoms with Crippen LogP contribution in [0.2, 0.25) is 0 Å². The molecule has 1 N–H and O–H groups in total. The first-order chi connectivity index (χ1) is 24.5. The Morgan fingerprint density at radius 3 is 2.04 bits per heavy atom. The summed E-state index contributed by atoms with van der Waals surface area (Å²) in [6.45, 7) is 1.78. The van der Waals surface area contributed by atoms with Crippen LogP contribution in [0.5, 0.6) is 5.75 Å². The number of esters is 1. The number of methoxy groups -OCH3 is 1. The van der Waals surface area contributed by atoms with Gasteiger partial charge in [0.25, 0.3) is 9.70 Å². The zero-order valence-electron chi connectivity index (χ0n) is 28.7. The number of hydrogen-bond acceptors (Lipinski definition) is 7. The number of piperidine rings is 1. The molecule has 268 valence electrons. The number of carbonyl (C=O) groups is 2. The Balaban J connectivity index is 1.53. The predicted molar refractivity (Wildman–Crippen MR) is 200 cm³/mol. The number of amides is 1. The molecule has 2 aliphatic rings. The van der Waals surface area contributed by atoms with Crippen molar-refractivity contribution in [2.24, 2.45) is 5.92 Å². The zero-order chi connectivity index (χ0) is 36.1. The van der Waals surface area contributed by atoms with Crippen molar-refractivity contribution in [3.8, 4) is 5.75 Å². The molecule has 0 radical (unpaired) electrons. The molecule has 2 saturated heterocycles. The van der Waals surface area contributed by atoms with Gasteiger partial charge in [0, 0.05) is 44.9 Å². The van der Waals surface area contributed by atoms with E-state index in [0.717, 1.165) is 22.3 Å². The minimum atomic E-state index is -2.18. The van der Waals surface area contributed by atoms with Gasteiger partial charge in [-0.2, -0.15) is 5.06 Å². The molecule has 0 unspecified atom stereocenters. The molecule has 0 aromatic heterocycles. The maximum atomic E-state index is 13.5. The van der Waals surface area contributed by atoms with Crippen molar-refractivity contribution in [2.45, 2.75) is 59.9 Å². The molecule has 7 atom stereocenters. The Hall–Kier alpha value is -3.63. The second-order valence-electron chi connectivity index (χ2n) is 13.1. The Morgan fingerprint density at radius 2 is 1.47 bits per heavy atom. The van der Waals surface area contributed by atoms with E-state index in [0.29, 0.717) is 25.1 Å². The lowest BCUT2D eigenvalue weighted by Crippen LogP contribution is -2.67. The third kappa shape index (κ3) is 8.71. The number of fused-ring (bicyclic) bond motifs is 1. The van der Waals surface area contributed by atoms with Gasteiger partial charge in [-0.3, -0.25) is 19.3 Å². The topological polar surface area (TPSA) is 80.3 Å². The van der Waals surface area contributed by atoms with Crippen molar-refractivity contribution in [2.75, 3.05) is 20.7 Å². The summed E-state index contributed by atoms with van der Waals surface area (Å²) in [4.78, 5) is 35.4. The molecule has 11 heteroatoms. The average molecular weight is 751 g/mol. The lowest BCUT2D eigenvalue weighted by Gasteiger charge is -2.52. The van der Waals surface area contributed by atoms with Crippen LogP contribution in [0.3, 0.4) is 0 Å². The third-order valence-corrected chi connectivity index (χ3v) is 10.4. The number of hydroxylamine groups is 2.